The summed E-state index contributed by atoms with van der Waals surface area (Å²) in [6.45, 7) is 3.96. The van der Waals surface area contributed by atoms with E-state index < -0.39 is 0 Å². The van der Waals surface area contributed by atoms with Gasteiger partial charge in [0.05, 0.1) is 5.75 Å². The van der Waals surface area contributed by atoms with Gasteiger partial charge in [-0.2, -0.15) is 0 Å². The van der Waals surface area contributed by atoms with E-state index in [-0.39, 0.29) is 5.78 Å². The lowest BCUT2D eigenvalue weighted by atomic mass is 10.2. The van der Waals surface area contributed by atoms with Crippen LogP contribution in [0, 0.1) is 13.8 Å². The summed E-state index contributed by atoms with van der Waals surface area (Å²) in [5.41, 5.74) is 3.61. The van der Waals surface area contributed by atoms with Gasteiger partial charge in [-0.3, -0.25) is 14.3 Å². The van der Waals surface area contributed by atoms with Crippen LogP contribution in [-0.2, 0) is 0 Å². The second-order valence-corrected chi connectivity index (χ2v) is 8.61. The molecule has 0 atom stereocenters. The van der Waals surface area contributed by atoms with Crippen LogP contribution in [0.4, 0.5) is 0 Å². The standard InChI is InChI=1S/C23H22N6OS/c1-15-13-19(16(2)28(15)21-5-3-4-10-25-21)20(30)14-31-23-27-26-22(29(23)18-6-7-18)17-8-11-24-12-9-17/h3-5,8-13,18H,6-7,14H2,1-2H3. The molecule has 8 heteroatoms. The summed E-state index contributed by atoms with van der Waals surface area (Å²) in [5.74, 6) is 2.05. The predicted molar refractivity (Wildman–Crippen MR) is 120 cm³/mol. The fourth-order valence-corrected chi connectivity index (χ4v) is 4.72. The molecular weight excluding hydrogens is 408 g/mol. The Kier molecular flexibility index (Phi) is 5.15. The van der Waals surface area contributed by atoms with E-state index in [0.717, 1.165) is 52.2 Å². The summed E-state index contributed by atoms with van der Waals surface area (Å²) in [4.78, 5) is 21.6. The molecule has 0 radical (unpaired) electrons. The van der Waals surface area contributed by atoms with Crippen LogP contribution >= 0.6 is 11.8 Å². The number of aryl methyl sites for hydroxylation is 1. The third-order valence-corrected chi connectivity index (χ3v) is 6.40. The maximum absolute atomic E-state index is 13.1. The molecule has 1 saturated carbocycles. The average molecular weight is 431 g/mol. The van der Waals surface area contributed by atoms with Gasteiger partial charge in [-0.05, 0) is 57.0 Å². The fraction of sp³-hybridized carbons (Fsp3) is 0.261. The number of thioether (sulfide) groups is 1. The van der Waals surface area contributed by atoms with E-state index in [4.69, 9.17) is 0 Å². The Morgan fingerprint density at radius 3 is 2.61 bits per heavy atom. The minimum Gasteiger partial charge on any atom is -0.302 e. The first-order chi connectivity index (χ1) is 15.1. The van der Waals surface area contributed by atoms with E-state index in [2.05, 4.69) is 24.7 Å². The number of aromatic nitrogens is 6. The number of nitrogens with zero attached hydrogens (tertiary/aromatic N) is 6. The van der Waals surface area contributed by atoms with Crippen LogP contribution in [0.1, 0.15) is 40.6 Å². The van der Waals surface area contributed by atoms with Crippen LogP contribution in [0.2, 0.25) is 0 Å². The highest BCUT2D eigenvalue weighted by Gasteiger charge is 2.30. The van der Waals surface area contributed by atoms with Gasteiger partial charge < -0.3 is 4.57 Å². The van der Waals surface area contributed by atoms with Crippen molar-refractivity contribution in [2.24, 2.45) is 0 Å². The Morgan fingerprint density at radius 2 is 1.90 bits per heavy atom. The van der Waals surface area contributed by atoms with E-state index in [1.807, 2.05) is 54.8 Å². The second kappa shape index (κ2) is 8.11. The van der Waals surface area contributed by atoms with Gasteiger partial charge in [0.25, 0.3) is 0 Å². The number of Topliss-reactive ketones (excluding diaryl/α,β-unsaturated/α-hetero) is 1. The highest BCUT2D eigenvalue weighted by Crippen LogP contribution is 2.41. The topological polar surface area (TPSA) is 78.5 Å². The number of rotatable bonds is 7. The summed E-state index contributed by atoms with van der Waals surface area (Å²) < 4.78 is 4.19. The molecule has 7 nitrogen and oxygen atoms in total. The van der Waals surface area contributed by atoms with Crippen molar-refractivity contribution in [3.8, 4) is 17.2 Å². The molecular formula is C23H22N6OS. The first-order valence-corrected chi connectivity index (χ1v) is 11.2. The Morgan fingerprint density at radius 1 is 1.10 bits per heavy atom. The van der Waals surface area contributed by atoms with E-state index in [1.54, 1.807) is 18.6 Å². The molecule has 0 unspecified atom stereocenters. The molecule has 0 amide bonds. The summed E-state index contributed by atoms with van der Waals surface area (Å²) >= 11 is 1.45. The van der Waals surface area contributed by atoms with Crippen LogP contribution < -0.4 is 0 Å². The largest absolute Gasteiger partial charge is 0.302 e. The summed E-state index contributed by atoms with van der Waals surface area (Å²) in [6.07, 6.45) is 7.51. The molecule has 1 aliphatic carbocycles. The van der Waals surface area contributed by atoms with Gasteiger partial charge in [-0.1, -0.05) is 17.8 Å². The molecule has 5 rings (SSSR count). The normalized spacial score (nSPS) is 13.5. The predicted octanol–water partition coefficient (Wildman–Crippen LogP) is 4.45. The first kappa shape index (κ1) is 19.7. The maximum atomic E-state index is 13.1. The van der Waals surface area contributed by atoms with Crippen molar-refractivity contribution >= 4 is 17.5 Å². The molecule has 1 fully saturated rings. The Bertz CT molecular complexity index is 1230. The van der Waals surface area contributed by atoms with Gasteiger partial charge in [0.15, 0.2) is 16.8 Å². The minimum absolute atomic E-state index is 0.0797. The molecule has 0 N–H and O–H groups in total. The third-order valence-electron chi connectivity index (χ3n) is 5.46. The molecule has 0 aromatic carbocycles. The van der Waals surface area contributed by atoms with Crippen LogP contribution in [0.5, 0.6) is 0 Å². The molecule has 4 heterocycles. The van der Waals surface area contributed by atoms with Crippen LogP contribution in [0.3, 0.4) is 0 Å². The number of hydrogen-bond acceptors (Lipinski definition) is 6. The number of pyridine rings is 2. The Balaban J connectivity index is 1.38. The summed E-state index contributed by atoms with van der Waals surface area (Å²) in [6, 6.07) is 12.0. The zero-order valence-electron chi connectivity index (χ0n) is 17.4. The monoisotopic (exact) mass is 430 g/mol. The van der Waals surface area contributed by atoms with Crippen molar-refractivity contribution in [3.05, 3.63) is 71.9 Å². The van der Waals surface area contributed by atoms with Crippen molar-refractivity contribution in [2.45, 2.75) is 37.9 Å². The lowest BCUT2D eigenvalue weighted by Crippen LogP contribution is -2.07. The molecule has 0 bridgehead atoms. The molecule has 1 aliphatic rings. The third kappa shape index (κ3) is 3.79. The molecule has 156 valence electrons. The Labute approximate surface area is 184 Å². The fourth-order valence-electron chi connectivity index (χ4n) is 3.83. The number of carbonyl (C=O) groups is 1. The van der Waals surface area contributed by atoms with Crippen molar-refractivity contribution in [1.82, 2.24) is 29.3 Å². The van der Waals surface area contributed by atoms with Gasteiger partial charge >= 0.3 is 0 Å². The van der Waals surface area contributed by atoms with Gasteiger partial charge in [0.2, 0.25) is 0 Å². The zero-order chi connectivity index (χ0) is 21.4. The average Bonchev–Trinajstić information content (AvgIpc) is 3.48. The second-order valence-electron chi connectivity index (χ2n) is 7.66. The molecule has 31 heavy (non-hydrogen) atoms. The van der Waals surface area contributed by atoms with Gasteiger partial charge in [0, 0.05) is 47.1 Å². The number of ketones is 1. The molecule has 4 aromatic rings. The van der Waals surface area contributed by atoms with Crippen LogP contribution in [0.25, 0.3) is 17.2 Å². The molecule has 0 aliphatic heterocycles. The van der Waals surface area contributed by atoms with E-state index in [0.29, 0.717) is 11.8 Å². The van der Waals surface area contributed by atoms with Crippen molar-refractivity contribution in [1.29, 1.82) is 0 Å². The smallest absolute Gasteiger partial charge is 0.192 e. The zero-order valence-corrected chi connectivity index (χ0v) is 18.2. The van der Waals surface area contributed by atoms with E-state index in [9.17, 15) is 4.79 Å². The SMILES string of the molecule is Cc1cc(C(=O)CSc2nnc(-c3ccncc3)n2C2CC2)c(C)n1-c1ccccn1. The molecule has 0 saturated heterocycles. The molecule has 0 spiro atoms. The van der Waals surface area contributed by atoms with Gasteiger partial charge in [-0.25, -0.2) is 4.98 Å². The summed E-state index contributed by atoms with van der Waals surface area (Å²) in [7, 11) is 0. The highest BCUT2D eigenvalue weighted by atomic mass is 32.2. The number of carbonyl (C=O) groups excluding carboxylic acids is 1. The van der Waals surface area contributed by atoms with Crippen molar-refractivity contribution < 1.29 is 4.79 Å². The lowest BCUT2D eigenvalue weighted by Gasteiger charge is -2.09. The minimum atomic E-state index is 0.0797. The van der Waals surface area contributed by atoms with E-state index >= 15 is 0 Å². The number of hydrogen-bond donors (Lipinski definition) is 0. The van der Waals surface area contributed by atoms with Gasteiger partial charge in [-0.15, -0.1) is 10.2 Å². The Hall–Kier alpha value is -3.26. The van der Waals surface area contributed by atoms with Crippen LogP contribution in [-0.4, -0.2) is 40.8 Å². The maximum Gasteiger partial charge on any atom is 0.192 e. The summed E-state index contributed by atoms with van der Waals surface area (Å²) in [5, 5.41) is 9.61. The molecule has 4 aromatic heterocycles. The van der Waals surface area contributed by atoms with Gasteiger partial charge in [0.1, 0.15) is 5.82 Å². The lowest BCUT2D eigenvalue weighted by molar-refractivity contribution is 0.102. The first-order valence-electron chi connectivity index (χ1n) is 10.2. The van der Waals surface area contributed by atoms with E-state index in [1.165, 1.54) is 11.8 Å². The highest BCUT2D eigenvalue weighted by molar-refractivity contribution is 7.99. The quantitative estimate of drug-likeness (QED) is 0.318. The van der Waals surface area contributed by atoms with Crippen LogP contribution in [0.15, 0.2) is 60.1 Å². The van der Waals surface area contributed by atoms with Crippen molar-refractivity contribution in [3.63, 3.8) is 0 Å². The van der Waals surface area contributed by atoms with Crippen molar-refractivity contribution in [2.75, 3.05) is 5.75 Å².